The maximum atomic E-state index is 12.5. The van der Waals surface area contributed by atoms with Gasteiger partial charge in [0, 0.05) is 36.3 Å². The third-order valence-corrected chi connectivity index (χ3v) is 6.74. The van der Waals surface area contributed by atoms with Gasteiger partial charge in [0.15, 0.2) is 0 Å². The summed E-state index contributed by atoms with van der Waals surface area (Å²) in [6.45, 7) is 6.96. The van der Waals surface area contributed by atoms with Crippen LogP contribution < -0.4 is 4.90 Å². The van der Waals surface area contributed by atoms with Crippen LogP contribution in [0, 0.1) is 0 Å². The van der Waals surface area contributed by atoms with Crippen molar-refractivity contribution in [1.82, 2.24) is 9.88 Å². The molecule has 0 radical (unpaired) electrons. The second kappa shape index (κ2) is 6.46. The average Bonchev–Trinajstić information content (AvgIpc) is 3.03. The largest absolute Gasteiger partial charge is 0.345 e. The molecular formula is C21H21N3OS2. The molecule has 2 aliphatic rings. The first-order valence-corrected chi connectivity index (χ1v) is 10.2. The number of thioether (sulfide) groups is 1. The Morgan fingerprint density at radius 3 is 2.74 bits per heavy atom. The highest BCUT2D eigenvalue weighted by atomic mass is 32.2. The van der Waals surface area contributed by atoms with Crippen molar-refractivity contribution >= 4 is 50.8 Å². The van der Waals surface area contributed by atoms with Gasteiger partial charge in [-0.05, 0) is 30.7 Å². The summed E-state index contributed by atoms with van der Waals surface area (Å²) in [7, 11) is 2.07. The van der Waals surface area contributed by atoms with Crippen molar-refractivity contribution in [3.8, 4) is 0 Å². The average molecular weight is 396 g/mol. The van der Waals surface area contributed by atoms with E-state index in [1.54, 1.807) is 4.90 Å². The van der Waals surface area contributed by atoms with Gasteiger partial charge in [-0.2, -0.15) is 0 Å². The monoisotopic (exact) mass is 395 g/mol. The minimum Gasteiger partial charge on any atom is -0.345 e. The number of hydrogen-bond donors (Lipinski definition) is 0. The molecular weight excluding hydrogens is 374 g/mol. The predicted octanol–water partition coefficient (Wildman–Crippen LogP) is 4.61. The van der Waals surface area contributed by atoms with E-state index >= 15 is 0 Å². The second-order valence-electron chi connectivity index (χ2n) is 7.22. The Morgan fingerprint density at radius 1 is 1.26 bits per heavy atom. The number of aromatic nitrogens is 1. The van der Waals surface area contributed by atoms with Gasteiger partial charge in [-0.3, -0.25) is 14.7 Å². The molecule has 0 unspecified atom stereocenters. The van der Waals surface area contributed by atoms with Crippen molar-refractivity contribution in [3.63, 3.8) is 0 Å². The molecule has 0 N–H and O–H groups in total. The smallest absolute Gasteiger partial charge is 0.266 e. The molecule has 1 amide bonds. The number of anilines is 1. The quantitative estimate of drug-likeness (QED) is 0.548. The van der Waals surface area contributed by atoms with Gasteiger partial charge in [0.2, 0.25) is 0 Å². The first kappa shape index (κ1) is 18.2. The van der Waals surface area contributed by atoms with Crippen LogP contribution in [0.4, 0.5) is 5.69 Å². The number of benzene rings is 1. The van der Waals surface area contributed by atoms with E-state index in [1.165, 1.54) is 17.3 Å². The molecule has 3 heterocycles. The zero-order valence-corrected chi connectivity index (χ0v) is 17.4. The topological polar surface area (TPSA) is 36.4 Å². The molecule has 0 aliphatic carbocycles. The molecule has 0 bridgehead atoms. The van der Waals surface area contributed by atoms with Crippen LogP contribution in [0.1, 0.15) is 26.3 Å². The Labute approximate surface area is 168 Å². The van der Waals surface area contributed by atoms with Gasteiger partial charge in [0.25, 0.3) is 5.91 Å². The summed E-state index contributed by atoms with van der Waals surface area (Å²) in [4.78, 5) is 21.6. The fourth-order valence-corrected chi connectivity index (χ4v) is 5.24. The van der Waals surface area contributed by atoms with Crippen molar-refractivity contribution in [2.45, 2.75) is 26.2 Å². The Morgan fingerprint density at radius 2 is 2.04 bits per heavy atom. The number of carbonyl (C=O) groups is 1. The molecule has 4 rings (SSSR count). The van der Waals surface area contributed by atoms with Crippen molar-refractivity contribution in [1.29, 1.82) is 0 Å². The van der Waals surface area contributed by atoms with Crippen molar-refractivity contribution in [2.24, 2.45) is 0 Å². The summed E-state index contributed by atoms with van der Waals surface area (Å²) >= 11 is 6.68. The maximum absolute atomic E-state index is 12.5. The van der Waals surface area contributed by atoms with Crippen LogP contribution in [0.25, 0.3) is 10.9 Å². The van der Waals surface area contributed by atoms with Crippen LogP contribution in [-0.4, -0.2) is 33.7 Å². The molecule has 1 saturated heterocycles. The van der Waals surface area contributed by atoms with Crippen LogP contribution in [0.3, 0.4) is 0 Å². The first-order chi connectivity index (χ1) is 12.9. The van der Waals surface area contributed by atoms with Gasteiger partial charge in [0.05, 0.1) is 16.1 Å². The highest BCUT2D eigenvalue weighted by Gasteiger charge is 2.40. The predicted molar refractivity (Wildman–Crippen MR) is 117 cm³/mol. The van der Waals surface area contributed by atoms with Gasteiger partial charge in [-0.15, -0.1) is 0 Å². The Balaban J connectivity index is 1.80. The van der Waals surface area contributed by atoms with E-state index in [1.807, 2.05) is 25.3 Å². The minimum absolute atomic E-state index is 0.00700. The molecule has 0 saturated carbocycles. The highest BCUT2D eigenvalue weighted by Crippen LogP contribution is 2.49. The number of hydrogen-bond acceptors (Lipinski definition) is 5. The summed E-state index contributed by atoms with van der Waals surface area (Å²) < 4.78 is 0.629. The first-order valence-electron chi connectivity index (χ1n) is 8.94. The number of carbonyl (C=O) groups excluding carboxylic acids is 1. The molecule has 138 valence electrons. The Bertz CT molecular complexity index is 1040. The van der Waals surface area contributed by atoms with E-state index in [2.05, 4.69) is 55.1 Å². The number of rotatable bonds is 2. The normalized spacial score (nSPS) is 21.8. The lowest BCUT2D eigenvalue weighted by atomic mass is 9.83. The molecule has 1 aromatic heterocycles. The summed E-state index contributed by atoms with van der Waals surface area (Å²) in [6.07, 6.45) is 5.79. The van der Waals surface area contributed by atoms with E-state index in [-0.39, 0.29) is 11.3 Å². The van der Waals surface area contributed by atoms with E-state index in [9.17, 15) is 4.79 Å². The van der Waals surface area contributed by atoms with Crippen LogP contribution in [-0.2, 0) is 10.2 Å². The Hall–Kier alpha value is -2.18. The molecule has 4 nitrogen and oxygen atoms in total. The third kappa shape index (κ3) is 2.70. The molecule has 0 atom stereocenters. The summed E-state index contributed by atoms with van der Waals surface area (Å²) in [5.41, 5.74) is 4.35. The molecule has 6 heteroatoms. The van der Waals surface area contributed by atoms with Gasteiger partial charge in [0.1, 0.15) is 4.32 Å². The molecule has 1 fully saturated rings. The third-order valence-electron chi connectivity index (χ3n) is 5.34. The standard InChI is InChI=1S/C21H21N3OS2/c1-5-24-19(25)15(27-20(24)26)10-11-16-21(2,3)14-9-8-13-7-6-12-22-17(13)18(14)23(16)4/h6-12H,5H2,1-4H3. The number of amides is 1. The van der Waals surface area contributed by atoms with Crippen LogP contribution in [0.15, 0.2) is 53.2 Å². The van der Waals surface area contributed by atoms with E-state index in [0.29, 0.717) is 15.8 Å². The van der Waals surface area contributed by atoms with Crippen molar-refractivity contribution in [2.75, 3.05) is 18.5 Å². The van der Waals surface area contributed by atoms with E-state index in [4.69, 9.17) is 12.2 Å². The number of fused-ring (bicyclic) bond motifs is 3. The summed E-state index contributed by atoms with van der Waals surface area (Å²) in [6, 6.07) is 8.36. The lowest BCUT2D eigenvalue weighted by Gasteiger charge is -2.23. The van der Waals surface area contributed by atoms with Crippen LogP contribution >= 0.6 is 24.0 Å². The number of thiocarbonyl (C=S) groups is 1. The number of nitrogens with zero attached hydrogens (tertiary/aromatic N) is 3. The van der Waals surface area contributed by atoms with Gasteiger partial charge >= 0.3 is 0 Å². The molecule has 1 aromatic carbocycles. The zero-order chi connectivity index (χ0) is 19.3. The molecule has 2 aromatic rings. The van der Waals surface area contributed by atoms with Crippen LogP contribution in [0.5, 0.6) is 0 Å². The minimum atomic E-state index is -0.176. The van der Waals surface area contributed by atoms with E-state index in [0.717, 1.165) is 22.3 Å². The van der Waals surface area contributed by atoms with Gasteiger partial charge in [-0.1, -0.05) is 56.0 Å². The molecule has 27 heavy (non-hydrogen) atoms. The fourth-order valence-electron chi connectivity index (χ4n) is 3.91. The SMILES string of the molecule is CCN1C(=O)C(=CC=C2N(C)c3c(ccc4cccnc34)C2(C)C)SC1=S. The number of allylic oxidation sites excluding steroid dienone is 3. The molecule has 2 aliphatic heterocycles. The lowest BCUT2D eigenvalue weighted by Crippen LogP contribution is -2.27. The summed E-state index contributed by atoms with van der Waals surface area (Å²) in [5, 5.41) is 1.13. The number of likely N-dealkylation sites (N-methyl/N-ethyl adjacent to an activating group) is 2. The Kier molecular flexibility index (Phi) is 4.35. The van der Waals surface area contributed by atoms with Crippen molar-refractivity contribution in [3.05, 3.63) is 58.8 Å². The van der Waals surface area contributed by atoms with Crippen LogP contribution in [0.2, 0.25) is 0 Å². The highest BCUT2D eigenvalue weighted by molar-refractivity contribution is 8.26. The summed E-state index contributed by atoms with van der Waals surface area (Å²) in [5.74, 6) is -0.00700. The van der Waals surface area contributed by atoms with Crippen molar-refractivity contribution < 1.29 is 4.79 Å². The molecule has 0 spiro atoms. The number of pyridine rings is 1. The van der Waals surface area contributed by atoms with Gasteiger partial charge < -0.3 is 4.90 Å². The second-order valence-corrected chi connectivity index (χ2v) is 8.90. The maximum Gasteiger partial charge on any atom is 0.266 e. The fraction of sp³-hybridized carbons (Fsp3) is 0.286. The zero-order valence-electron chi connectivity index (χ0n) is 15.8. The van der Waals surface area contributed by atoms with E-state index < -0.39 is 0 Å². The lowest BCUT2D eigenvalue weighted by molar-refractivity contribution is -0.122. The van der Waals surface area contributed by atoms with Gasteiger partial charge in [-0.25, -0.2) is 0 Å².